The van der Waals surface area contributed by atoms with Gasteiger partial charge in [-0.3, -0.25) is 0 Å². The Kier molecular flexibility index (Phi) is 10.8. The topological polar surface area (TPSA) is 3.24 Å². The van der Waals surface area contributed by atoms with Crippen LogP contribution in [0.1, 0.15) is 80.1 Å². The normalized spacial score (nSPS) is 16.8. The number of unbranched alkanes of at least 4 members (excludes halogenated alkanes) is 2. The molecule has 0 heterocycles. The predicted octanol–water partition coefficient (Wildman–Crippen LogP) is 5.35. The van der Waals surface area contributed by atoms with Crippen LogP contribution in [0.2, 0.25) is 0 Å². The van der Waals surface area contributed by atoms with E-state index in [0.717, 1.165) is 17.9 Å². The van der Waals surface area contributed by atoms with Crippen LogP contribution in [0.15, 0.2) is 0 Å². The number of nitrogens with zero attached hydrogens (tertiary/aromatic N) is 1. The highest BCUT2D eigenvalue weighted by molar-refractivity contribution is 4.71. The molecule has 0 saturated heterocycles. The Morgan fingerprint density at radius 1 is 0.778 bits per heavy atom. The lowest BCUT2D eigenvalue weighted by Crippen LogP contribution is -2.37. The van der Waals surface area contributed by atoms with Crippen molar-refractivity contribution in [2.75, 3.05) is 13.1 Å². The van der Waals surface area contributed by atoms with Crippen LogP contribution < -0.4 is 0 Å². The lowest BCUT2D eigenvalue weighted by atomic mass is 9.90. The van der Waals surface area contributed by atoms with Gasteiger partial charge in [0.05, 0.1) is 0 Å². The molecule has 0 aromatic carbocycles. The van der Waals surface area contributed by atoms with E-state index in [2.05, 4.69) is 46.4 Å². The maximum absolute atomic E-state index is 2.67. The Balaban J connectivity index is 4.04. The summed E-state index contributed by atoms with van der Waals surface area (Å²) in [7, 11) is 0. The fraction of sp³-hybridized carbons (Fsp3) is 1.00. The molecule has 0 N–H and O–H groups in total. The minimum Gasteiger partial charge on any atom is -0.301 e. The minimum atomic E-state index is 0.755. The Morgan fingerprint density at radius 3 is 1.94 bits per heavy atom. The van der Waals surface area contributed by atoms with E-state index in [9.17, 15) is 0 Å². The van der Waals surface area contributed by atoms with Gasteiger partial charge in [0, 0.05) is 12.6 Å². The lowest BCUT2D eigenvalue weighted by molar-refractivity contribution is 0.157. The molecule has 0 aliphatic heterocycles. The highest BCUT2D eigenvalue weighted by atomic mass is 15.1. The molecule has 3 unspecified atom stereocenters. The summed E-state index contributed by atoms with van der Waals surface area (Å²) in [5.74, 6) is 1.71. The quantitative estimate of drug-likeness (QED) is 0.450. The van der Waals surface area contributed by atoms with Gasteiger partial charge in [-0.25, -0.2) is 0 Å². The second-order valence-corrected chi connectivity index (χ2v) is 6.18. The third-order valence-corrected chi connectivity index (χ3v) is 4.49. The van der Waals surface area contributed by atoms with E-state index in [0.29, 0.717) is 0 Å². The van der Waals surface area contributed by atoms with Crippen molar-refractivity contribution in [2.24, 2.45) is 11.8 Å². The van der Waals surface area contributed by atoms with Crippen LogP contribution in [0, 0.1) is 11.8 Å². The van der Waals surface area contributed by atoms with E-state index in [1.807, 2.05) is 0 Å². The van der Waals surface area contributed by atoms with Gasteiger partial charge in [-0.15, -0.1) is 0 Å². The average Bonchev–Trinajstić information content (AvgIpc) is 2.35. The van der Waals surface area contributed by atoms with Crippen molar-refractivity contribution in [1.82, 2.24) is 4.90 Å². The molecule has 18 heavy (non-hydrogen) atoms. The summed E-state index contributed by atoms with van der Waals surface area (Å²) in [6.45, 7) is 16.7. The first kappa shape index (κ1) is 18.0. The van der Waals surface area contributed by atoms with Gasteiger partial charge in [0.25, 0.3) is 0 Å². The zero-order valence-electron chi connectivity index (χ0n) is 13.8. The van der Waals surface area contributed by atoms with E-state index in [1.165, 1.54) is 51.6 Å². The molecule has 0 radical (unpaired) electrons. The van der Waals surface area contributed by atoms with Gasteiger partial charge in [-0.2, -0.15) is 0 Å². The van der Waals surface area contributed by atoms with Crippen molar-refractivity contribution in [3.05, 3.63) is 0 Å². The van der Waals surface area contributed by atoms with E-state index in [1.54, 1.807) is 0 Å². The summed E-state index contributed by atoms with van der Waals surface area (Å²) < 4.78 is 0. The Bertz CT molecular complexity index is 178. The molecule has 0 rings (SSSR count). The third kappa shape index (κ3) is 7.41. The highest BCUT2D eigenvalue weighted by Crippen LogP contribution is 2.21. The summed E-state index contributed by atoms with van der Waals surface area (Å²) in [4.78, 5) is 2.67. The van der Waals surface area contributed by atoms with Crippen LogP contribution in [0.25, 0.3) is 0 Å². The van der Waals surface area contributed by atoms with Crippen LogP contribution in [0.3, 0.4) is 0 Å². The number of rotatable bonds is 11. The van der Waals surface area contributed by atoms with Crippen LogP contribution in [0.5, 0.6) is 0 Å². The number of hydrogen-bond donors (Lipinski definition) is 0. The van der Waals surface area contributed by atoms with Crippen LogP contribution in [-0.4, -0.2) is 24.0 Å². The molecular formula is C17H37N. The first-order valence-corrected chi connectivity index (χ1v) is 8.30. The van der Waals surface area contributed by atoms with Gasteiger partial charge in [0.2, 0.25) is 0 Å². The van der Waals surface area contributed by atoms with Crippen molar-refractivity contribution in [2.45, 2.75) is 86.1 Å². The van der Waals surface area contributed by atoms with Gasteiger partial charge in [-0.1, -0.05) is 66.7 Å². The largest absolute Gasteiger partial charge is 0.301 e. The predicted molar refractivity (Wildman–Crippen MR) is 84.1 cm³/mol. The van der Waals surface area contributed by atoms with Crippen LogP contribution >= 0.6 is 0 Å². The summed E-state index contributed by atoms with van der Waals surface area (Å²) in [6.07, 6.45) is 8.22. The molecule has 0 aliphatic rings. The molecule has 110 valence electrons. The summed E-state index contributed by atoms with van der Waals surface area (Å²) >= 11 is 0. The molecule has 0 amide bonds. The Morgan fingerprint density at radius 2 is 1.44 bits per heavy atom. The molecular weight excluding hydrogens is 218 g/mol. The summed E-state index contributed by atoms with van der Waals surface area (Å²) in [6, 6.07) is 0.755. The molecule has 0 spiro atoms. The smallest absolute Gasteiger partial charge is 0.00668 e. The van der Waals surface area contributed by atoms with Gasteiger partial charge in [0.15, 0.2) is 0 Å². The van der Waals surface area contributed by atoms with Gasteiger partial charge >= 0.3 is 0 Å². The van der Waals surface area contributed by atoms with Crippen LogP contribution in [-0.2, 0) is 0 Å². The molecule has 0 aliphatic carbocycles. The molecule has 0 fully saturated rings. The molecule has 1 heteroatoms. The van der Waals surface area contributed by atoms with Crippen molar-refractivity contribution in [3.63, 3.8) is 0 Å². The SMILES string of the molecule is CCCCCC(C)C(C)CN(CC)C(C)CCC. The van der Waals surface area contributed by atoms with E-state index in [4.69, 9.17) is 0 Å². The van der Waals surface area contributed by atoms with Crippen LogP contribution in [0.4, 0.5) is 0 Å². The summed E-state index contributed by atoms with van der Waals surface area (Å²) in [5.41, 5.74) is 0. The average molecular weight is 255 g/mol. The lowest BCUT2D eigenvalue weighted by Gasteiger charge is -2.32. The minimum absolute atomic E-state index is 0.755. The molecule has 0 aromatic heterocycles. The Hall–Kier alpha value is -0.0400. The maximum Gasteiger partial charge on any atom is 0.00668 e. The fourth-order valence-electron chi connectivity index (χ4n) is 2.77. The first-order valence-electron chi connectivity index (χ1n) is 8.30. The third-order valence-electron chi connectivity index (χ3n) is 4.49. The van der Waals surface area contributed by atoms with Gasteiger partial charge in [-0.05, 0) is 31.7 Å². The van der Waals surface area contributed by atoms with Crippen molar-refractivity contribution in [3.8, 4) is 0 Å². The molecule has 1 nitrogen and oxygen atoms in total. The molecule has 0 bridgehead atoms. The highest BCUT2D eigenvalue weighted by Gasteiger charge is 2.18. The molecule has 0 aromatic rings. The maximum atomic E-state index is 2.67. The van der Waals surface area contributed by atoms with Gasteiger partial charge in [0.1, 0.15) is 0 Å². The fourth-order valence-corrected chi connectivity index (χ4v) is 2.77. The first-order chi connectivity index (χ1) is 8.56. The van der Waals surface area contributed by atoms with E-state index in [-0.39, 0.29) is 0 Å². The standard InChI is InChI=1S/C17H37N/c1-7-10-11-13-15(4)16(5)14-18(9-3)17(6)12-8-2/h15-17H,7-14H2,1-6H3. The number of hydrogen-bond acceptors (Lipinski definition) is 1. The van der Waals surface area contributed by atoms with Crippen molar-refractivity contribution >= 4 is 0 Å². The van der Waals surface area contributed by atoms with E-state index >= 15 is 0 Å². The molecule has 0 saturated carbocycles. The van der Waals surface area contributed by atoms with Gasteiger partial charge < -0.3 is 4.90 Å². The molecule has 3 atom stereocenters. The van der Waals surface area contributed by atoms with Crippen molar-refractivity contribution in [1.29, 1.82) is 0 Å². The van der Waals surface area contributed by atoms with Crippen molar-refractivity contribution < 1.29 is 0 Å². The van der Waals surface area contributed by atoms with E-state index < -0.39 is 0 Å². The second kappa shape index (κ2) is 10.8. The second-order valence-electron chi connectivity index (χ2n) is 6.18. The monoisotopic (exact) mass is 255 g/mol. The summed E-state index contributed by atoms with van der Waals surface area (Å²) in [5, 5.41) is 0. The Labute approximate surface area is 116 Å². The zero-order valence-corrected chi connectivity index (χ0v) is 13.8. The zero-order chi connectivity index (χ0) is 14.0.